The molecule has 1 heterocycles. The molecule has 0 unspecified atom stereocenters. The van der Waals surface area contributed by atoms with Gasteiger partial charge in [-0.1, -0.05) is 13.8 Å². The molecule has 0 fully saturated rings. The largest absolute Gasteiger partial charge is 0.481 e. The molecule has 1 rings (SSSR count). The summed E-state index contributed by atoms with van der Waals surface area (Å²) in [6.45, 7) is 4.91. The van der Waals surface area contributed by atoms with Crippen LogP contribution in [0, 0.1) is 0 Å². The molecule has 0 spiro atoms. The van der Waals surface area contributed by atoms with Crippen molar-refractivity contribution in [3.8, 4) is 0 Å². The van der Waals surface area contributed by atoms with Gasteiger partial charge in [0.2, 0.25) is 0 Å². The number of anilines is 1. The normalized spacial score (nSPS) is 10.6. The van der Waals surface area contributed by atoms with Crippen molar-refractivity contribution in [3.63, 3.8) is 0 Å². The van der Waals surface area contributed by atoms with Crippen molar-refractivity contribution in [1.82, 2.24) is 9.97 Å². The van der Waals surface area contributed by atoms with Crippen LogP contribution in [0.2, 0.25) is 0 Å². The zero-order valence-corrected chi connectivity index (χ0v) is 11.0. The number of hydrogen-bond acceptors (Lipinski definition) is 4. The summed E-state index contributed by atoms with van der Waals surface area (Å²) < 4.78 is 0. The van der Waals surface area contributed by atoms with Gasteiger partial charge in [0.05, 0.1) is 0 Å². The lowest BCUT2D eigenvalue weighted by atomic mass is 9.99. The van der Waals surface area contributed by atoms with E-state index >= 15 is 0 Å². The number of rotatable bonds is 8. The maximum absolute atomic E-state index is 10.4. The minimum Gasteiger partial charge on any atom is -0.481 e. The lowest BCUT2D eigenvalue weighted by molar-refractivity contribution is -0.137. The highest BCUT2D eigenvalue weighted by atomic mass is 16.4. The Labute approximate surface area is 108 Å². The lowest BCUT2D eigenvalue weighted by Crippen LogP contribution is -2.08. The van der Waals surface area contributed by atoms with Gasteiger partial charge in [0.25, 0.3) is 0 Å². The van der Waals surface area contributed by atoms with E-state index in [0.29, 0.717) is 18.9 Å². The Morgan fingerprint density at radius 2 is 2.11 bits per heavy atom. The molecule has 0 saturated carbocycles. The number of nitrogens with one attached hydrogen (secondary N) is 1. The van der Waals surface area contributed by atoms with Gasteiger partial charge in [0.15, 0.2) is 0 Å². The third-order valence-electron chi connectivity index (χ3n) is 2.97. The molecule has 18 heavy (non-hydrogen) atoms. The number of carboxylic acid groups (broad SMARTS) is 1. The second-order valence-electron chi connectivity index (χ2n) is 4.27. The molecule has 100 valence electrons. The zero-order chi connectivity index (χ0) is 13.4. The molecule has 1 aromatic rings. The molecular weight excluding hydrogens is 230 g/mol. The fraction of sp³-hybridized carbons (Fsp3) is 0.615. The van der Waals surface area contributed by atoms with Crippen molar-refractivity contribution in [2.75, 3.05) is 11.9 Å². The molecule has 5 heteroatoms. The third kappa shape index (κ3) is 4.69. The quantitative estimate of drug-likeness (QED) is 0.695. The van der Waals surface area contributed by atoms with Crippen molar-refractivity contribution in [1.29, 1.82) is 0 Å². The Hall–Kier alpha value is -1.65. The summed E-state index contributed by atoms with van der Waals surface area (Å²) in [6.07, 6.45) is 4.46. The molecule has 0 saturated heterocycles. The minimum atomic E-state index is -0.766. The van der Waals surface area contributed by atoms with Crippen molar-refractivity contribution in [2.45, 2.75) is 45.4 Å². The van der Waals surface area contributed by atoms with E-state index in [1.54, 1.807) is 6.33 Å². The molecule has 0 radical (unpaired) electrons. The summed E-state index contributed by atoms with van der Waals surface area (Å²) in [5.74, 6) is 0.474. The predicted octanol–water partition coefficient (Wildman–Crippen LogP) is 2.66. The van der Waals surface area contributed by atoms with Crippen LogP contribution in [0.25, 0.3) is 0 Å². The first-order valence-corrected chi connectivity index (χ1v) is 6.45. The van der Waals surface area contributed by atoms with Crippen LogP contribution in [0.4, 0.5) is 5.82 Å². The number of carbonyl (C=O) groups is 1. The molecule has 0 aromatic carbocycles. The fourth-order valence-electron chi connectivity index (χ4n) is 1.86. The molecule has 2 N–H and O–H groups in total. The number of carboxylic acids is 1. The monoisotopic (exact) mass is 251 g/mol. The van der Waals surface area contributed by atoms with E-state index in [2.05, 4.69) is 29.1 Å². The van der Waals surface area contributed by atoms with Gasteiger partial charge in [-0.3, -0.25) is 4.79 Å². The molecular formula is C13H21N3O2. The number of aliphatic carboxylic acids is 1. The number of hydrogen-bond donors (Lipinski definition) is 2. The van der Waals surface area contributed by atoms with Crippen LogP contribution in [0.5, 0.6) is 0 Å². The van der Waals surface area contributed by atoms with E-state index in [9.17, 15) is 4.79 Å². The molecule has 0 bridgehead atoms. The Morgan fingerprint density at radius 1 is 1.39 bits per heavy atom. The van der Waals surface area contributed by atoms with Crippen LogP contribution in [0.1, 0.15) is 51.1 Å². The second-order valence-corrected chi connectivity index (χ2v) is 4.27. The summed E-state index contributed by atoms with van der Waals surface area (Å²) in [7, 11) is 0. The topological polar surface area (TPSA) is 75.1 Å². The van der Waals surface area contributed by atoms with E-state index in [4.69, 9.17) is 5.11 Å². The van der Waals surface area contributed by atoms with Crippen molar-refractivity contribution < 1.29 is 9.90 Å². The van der Waals surface area contributed by atoms with Crippen molar-refractivity contribution in [3.05, 3.63) is 18.1 Å². The molecule has 0 atom stereocenters. The average molecular weight is 251 g/mol. The number of nitrogens with zero attached hydrogens (tertiary/aromatic N) is 2. The van der Waals surface area contributed by atoms with Gasteiger partial charge in [0.1, 0.15) is 12.1 Å². The molecule has 5 nitrogen and oxygen atoms in total. The van der Waals surface area contributed by atoms with Gasteiger partial charge < -0.3 is 10.4 Å². The van der Waals surface area contributed by atoms with Crippen LogP contribution in [0.15, 0.2) is 12.4 Å². The molecule has 0 aliphatic rings. The standard InChI is InChI=1S/C13H21N3O2/c1-3-10(4-2)11-8-12(16-9-15-11)14-7-5-6-13(17)18/h8-10H,3-7H2,1-2H3,(H,17,18)(H,14,15,16). The van der Waals surface area contributed by atoms with Gasteiger partial charge in [-0.25, -0.2) is 9.97 Å². The van der Waals surface area contributed by atoms with E-state index in [1.807, 2.05) is 6.07 Å². The smallest absolute Gasteiger partial charge is 0.303 e. The van der Waals surface area contributed by atoms with Crippen LogP contribution < -0.4 is 5.32 Å². The Morgan fingerprint density at radius 3 is 2.72 bits per heavy atom. The maximum atomic E-state index is 10.4. The van der Waals surface area contributed by atoms with Gasteiger partial charge in [0, 0.05) is 30.6 Å². The summed E-state index contributed by atoms with van der Waals surface area (Å²) >= 11 is 0. The zero-order valence-electron chi connectivity index (χ0n) is 11.0. The minimum absolute atomic E-state index is 0.178. The molecule has 1 aromatic heterocycles. The van der Waals surface area contributed by atoms with Crippen molar-refractivity contribution in [2.24, 2.45) is 0 Å². The van der Waals surface area contributed by atoms with E-state index in [0.717, 1.165) is 24.4 Å². The molecule has 0 amide bonds. The van der Waals surface area contributed by atoms with Gasteiger partial charge in [-0.2, -0.15) is 0 Å². The summed E-state index contributed by atoms with van der Waals surface area (Å²) in [6, 6.07) is 1.96. The Bertz CT molecular complexity index is 378. The maximum Gasteiger partial charge on any atom is 0.303 e. The summed E-state index contributed by atoms with van der Waals surface area (Å²) in [5, 5.41) is 11.7. The lowest BCUT2D eigenvalue weighted by Gasteiger charge is -2.12. The fourth-order valence-corrected chi connectivity index (χ4v) is 1.86. The summed E-state index contributed by atoms with van der Waals surface area (Å²) in [4.78, 5) is 18.8. The highest BCUT2D eigenvalue weighted by Gasteiger charge is 2.09. The Balaban J connectivity index is 2.51. The van der Waals surface area contributed by atoms with Crippen LogP contribution in [0.3, 0.4) is 0 Å². The van der Waals surface area contributed by atoms with Crippen LogP contribution >= 0.6 is 0 Å². The third-order valence-corrected chi connectivity index (χ3v) is 2.97. The predicted molar refractivity (Wildman–Crippen MR) is 70.7 cm³/mol. The first-order valence-electron chi connectivity index (χ1n) is 6.45. The Kier molecular flexibility index (Phi) is 6.11. The first kappa shape index (κ1) is 14.4. The average Bonchev–Trinajstić information content (AvgIpc) is 2.36. The number of aromatic nitrogens is 2. The van der Waals surface area contributed by atoms with Gasteiger partial charge >= 0.3 is 5.97 Å². The van der Waals surface area contributed by atoms with E-state index < -0.39 is 5.97 Å². The van der Waals surface area contributed by atoms with E-state index in [-0.39, 0.29) is 6.42 Å². The highest BCUT2D eigenvalue weighted by Crippen LogP contribution is 2.21. The summed E-state index contributed by atoms with van der Waals surface area (Å²) in [5.41, 5.74) is 1.05. The SMILES string of the molecule is CCC(CC)c1cc(NCCCC(=O)O)ncn1. The van der Waals surface area contributed by atoms with Crippen LogP contribution in [-0.4, -0.2) is 27.6 Å². The van der Waals surface area contributed by atoms with E-state index in [1.165, 1.54) is 0 Å². The van der Waals surface area contributed by atoms with Crippen molar-refractivity contribution >= 4 is 11.8 Å². The van der Waals surface area contributed by atoms with Crippen LogP contribution in [-0.2, 0) is 4.79 Å². The first-order chi connectivity index (χ1) is 8.67. The second kappa shape index (κ2) is 7.63. The van der Waals surface area contributed by atoms with Gasteiger partial charge in [-0.15, -0.1) is 0 Å². The van der Waals surface area contributed by atoms with Gasteiger partial charge in [-0.05, 0) is 19.3 Å². The molecule has 0 aliphatic heterocycles. The highest BCUT2D eigenvalue weighted by molar-refractivity contribution is 5.66. The molecule has 0 aliphatic carbocycles.